The molecule has 0 aliphatic rings. The standard InChI is InChI=1S/C11H17NO2S/c1-9-8-10(6-7-12-2)4-5-11(9)15(3,13)14/h4-5,8,12H,6-7H2,1-3H3. The van der Waals surface area contributed by atoms with Gasteiger partial charge in [-0.2, -0.15) is 0 Å². The summed E-state index contributed by atoms with van der Waals surface area (Å²) < 4.78 is 22.7. The van der Waals surface area contributed by atoms with E-state index < -0.39 is 9.84 Å². The number of benzene rings is 1. The fourth-order valence-corrected chi connectivity index (χ4v) is 2.51. The first-order chi connectivity index (χ1) is 6.95. The molecule has 1 N–H and O–H groups in total. The van der Waals surface area contributed by atoms with Crippen molar-refractivity contribution >= 4 is 9.84 Å². The number of hydrogen-bond donors (Lipinski definition) is 1. The highest BCUT2D eigenvalue weighted by molar-refractivity contribution is 7.90. The molecule has 0 aliphatic carbocycles. The fourth-order valence-electron chi connectivity index (χ4n) is 1.55. The van der Waals surface area contributed by atoms with Gasteiger partial charge in [0.25, 0.3) is 0 Å². The van der Waals surface area contributed by atoms with E-state index in [2.05, 4.69) is 5.32 Å². The average Bonchev–Trinajstić information content (AvgIpc) is 2.12. The third-order valence-corrected chi connectivity index (χ3v) is 3.56. The molecular formula is C11H17NO2S. The molecule has 3 nitrogen and oxygen atoms in total. The highest BCUT2D eigenvalue weighted by atomic mass is 32.2. The van der Waals surface area contributed by atoms with Gasteiger partial charge in [0.1, 0.15) is 0 Å². The van der Waals surface area contributed by atoms with Crippen molar-refractivity contribution in [3.63, 3.8) is 0 Å². The Kier molecular flexibility index (Phi) is 3.88. The molecule has 0 bridgehead atoms. The lowest BCUT2D eigenvalue weighted by molar-refractivity contribution is 0.601. The second kappa shape index (κ2) is 4.77. The van der Waals surface area contributed by atoms with E-state index in [4.69, 9.17) is 0 Å². The summed E-state index contributed by atoms with van der Waals surface area (Å²) in [7, 11) is -1.19. The van der Waals surface area contributed by atoms with Gasteiger partial charge < -0.3 is 5.32 Å². The molecule has 0 fully saturated rings. The zero-order chi connectivity index (χ0) is 11.5. The van der Waals surface area contributed by atoms with E-state index >= 15 is 0 Å². The van der Waals surface area contributed by atoms with E-state index in [0.717, 1.165) is 24.1 Å². The van der Waals surface area contributed by atoms with E-state index in [1.165, 1.54) is 6.26 Å². The molecule has 0 aliphatic heterocycles. The maximum absolute atomic E-state index is 11.4. The summed E-state index contributed by atoms with van der Waals surface area (Å²) in [4.78, 5) is 0.427. The SMILES string of the molecule is CNCCc1ccc(S(C)(=O)=O)c(C)c1. The maximum Gasteiger partial charge on any atom is 0.175 e. The second-order valence-electron chi connectivity index (χ2n) is 3.73. The molecule has 84 valence electrons. The largest absolute Gasteiger partial charge is 0.319 e. The molecule has 0 amide bonds. The number of aryl methyl sites for hydroxylation is 1. The van der Waals surface area contributed by atoms with E-state index in [1.54, 1.807) is 6.07 Å². The Bertz CT molecular complexity index is 438. The van der Waals surface area contributed by atoms with Gasteiger partial charge >= 0.3 is 0 Å². The van der Waals surface area contributed by atoms with Gasteiger partial charge in [-0.3, -0.25) is 0 Å². The van der Waals surface area contributed by atoms with Crippen LogP contribution < -0.4 is 5.32 Å². The van der Waals surface area contributed by atoms with Crippen LogP contribution in [0.5, 0.6) is 0 Å². The molecule has 0 aromatic heterocycles. The monoisotopic (exact) mass is 227 g/mol. The van der Waals surface area contributed by atoms with Crippen molar-refractivity contribution in [3.05, 3.63) is 29.3 Å². The summed E-state index contributed by atoms with van der Waals surface area (Å²) in [5, 5.41) is 3.06. The van der Waals surface area contributed by atoms with Crippen LogP contribution in [0.4, 0.5) is 0 Å². The summed E-state index contributed by atoms with van der Waals surface area (Å²) in [6, 6.07) is 5.50. The molecule has 0 saturated carbocycles. The van der Waals surface area contributed by atoms with E-state index in [-0.39, 0.29) is 0 Å². The van der Waals surface area contributed by atoms with Crippen LogP contribution in [0.1, 0.15) is 11.1 Å². The summed E-state index contributed by atoms with van der Waals surface area (Å²) in [6.07, 6.45) is 2.16. The van der Waals surface area contributed by atoms with Crippen molar-refractivity contribution < 1.29 is 8.42 Å². The normalized spacial score (nSPS) is 11.7. The molecule has 0 heterocycles. The quantitative estimate of drug-likeness (QED) is 0.839. The first-order valence-electron chi connectivity index (χ1n) is 4.89. The first kappa shape index (κ1) is 12.2. The van der Waals surface area contributed by atoms with Crippen LogP contribution in [0.15, 0.2) is 23.1 Å². The topological polar surface area (TPSA) is 46.2 Å². The Labute approximate surface area is 91.4 Å². The lowest BCUT2D eigenvalue weighted by atomic mass is 10.1. The molecule has 0 atom stereocenters. The van der Waals surface area contributed by atoms with Gasteiger partial charge in [-0.05, 0) is 44.1 Å². The van der Waals surface area contributed by atoms with Gasteiger partial charge in [-0.25, -0.2) is 8.42 Å². The van der Waals surface area contributed by atoms with Gasteiger partial charge in [0.05, 0.1) is 4.90 Å². The minimum Gasteiger partial charge on any atom is -0.319 e. The van der Waals surface area contributed by atoms with Crippen molar-refractivity contribution in [2.24, 2.45) is 0 Å². The summed E-state index contributed by atoms with van der Waals surface area (Å²) >= 11 is 0. The van der Waals surface area contributed by atoms with Crippen molar-refractivity contribution in [1.82, 2.24) is 5.32 Å². The third kappa shape index (κ3) is 3.32. The maximum atomic E-state index is 11.4. The Balaban J connectivity index is 2.99. The Hall–Kier alpha value is -0.870. The van der Waals surface area contributed by atoms with E-state index in [0.29, 0.717) is 4.90 Å². The Morgan fingerprint density at radius 3 is 2.47 bits per heavy atom. The van der Waals surface area contributed by atoms with E-state index in [9.17, 15) is 8.42 Å². The molecule has 0 spiro atoms. The lowest BCUT2D eigenvalue weighted by Gasteiger charge is -2.06. The number of likely N-dealkylation sites (N-methyl/N-ethyl adjacent to an activating group) is 1. The van der Waals surface area contributed by atoms with Crippen molar-refractivity contribution in [2.45, 2.75) is 18.2 Å². The average molecular weight is 227 g/mol. The van der Waals surface area contributed by atoms with Crippen LogP contribution in [-0.2, 0) is 16.3 Å². The van der Waals surface area contributed by atoms with Crippen molar-refractivity contribution in [3.8, 4) is 0 Å². The van der Waals surface area contributed by atoms with Crippen LogP contribution in [0.25, 0.3) is 0 Å². The Morgan fingerprint density at radius 2 is 2.00 bits per heavy atom. The predicted octanol–water partition coefficient (Wildman–Crippen LogP) is 1.16. The van der Waals surface area contributed by atoms with Crippen LogP contribution in [0.3, 0.4) is 0 Å². The smallest absolute Gasteiger partial charge is 0.175 e. The minimum absolute atomic E-state index is 0.427. The van der Waals surface area contributed by atoms with Crippen molar-refractivity contribution in [2.75, 3.05) is 19.8 Å². The zero-order valence-electron chi connectivity index (χ0n) is 9.37. The zero-order valence-corrected chi connectivity index (χ0v) is 10.2. The van der Waals surface area contributed by atoms with Crippen LogP contribution in [0.2, 0.25) is 0 Å². The first-order valence-corrected chi connectivity index (χ1v) is 6.78. The minimum atomic E-state index is -3.09. The summed E-state index contributed by atoms with van der Waals surface area (Å²) in [6.45, 7) is 2.73. The molecule has 0 saturated heterocycles. The predicted molar refractivity (Wildman–Crippen MR) is 61.9 cm³/mol. The van der Waals surface area contributed by atoms with Crippen LogP contribution >= 0.6 is 0 Å². The molecule has 0 radical (unpaired) electrons. The summed E-state index contributed by atoms with van der Waals surface area (Å²) in [5.41, 5.74) is 1.99. The Morgan fingerprint density at radius 1 is 1.33 bits per heavy atom. The highest BCUT2D eigenvalue weighted by Gasteiger charge is 2.10. The number of rotatable bonds is 4. The van der Waals surface area contributed by atoms with E-state index in [1.807, 2.05) is 26.1 Å². The molecule has 15 heavy (non-hydrogen) atoms. The second-order valence-corrected chi connectivity index (χ2v) is 5.71. The van der Waals surface area contributed by atoms with Gasteiger partial charge in [0, 0.05) is 6.26 Å². The number of hydrogen-bond acceptors (Lipinski definition) is 3. The van der Waals surface area contributed by atoms with Gasteiger partial charge in [-0.15, -0.1) is 0 Å². The highest BCUT2D eigenvalue weighted by Crippen LogP contribution is 2.16. The molecule has 1 aromatic rings. The van der Waals surface area contributed by atoms with Crippen LogP contribution in [0, 0.1) is 6.92 Å². The molecule has 0 unspecified atom stereocenters. The van der Waals surface area contributed by atoms with Gasteiger partial charge in [0.2, 0.25) is 0 Å². The third-order valence-electron chi connectivity index (χ3n) is 2.30. The molecule has 4 heteroatoms. The van der Waals surface area contributed by atoms with Crippen LogP contribution in [-0.4, -0.2) is 28.3 Å². The summed E-state index contributed by atoms with van der Waals surface area (Å²) in [5.74, 6) is 0. The van der Waals surface area contributed by atoms with Gasteiger partial charge in [0.15, 0.2) is 9.84 Å². The van der Waals surface area contributed by atoms with Gasteiger partial charge in [-0.1, -0.05) is 12.1 Å². The molecule has 1 rings (SSSR count). The molecular weight excluding hydrogens is 210 g/mol. The molecule has 1 aromatic carbocycles. The fraction of sp³-hybridized carbons (Fsp3) is 0.455. The number of sulfone groups is 1. The lowest BCUT2D eigenvalue weighted by Crippen LogP contribution is -2.10. The number of nitrogens with one attached hydrogen (secondary N) is 1. The van der Waals surface area contributed by atoms with Crippen molar-refractivity contribution in [1.29, 1.82) is 0 Å².